The highest BCUT2D eigenvalue weighted by atomic mass is 16.5. The van der Waals surface area contributed by atoms with E-state index in [2.05, 4.69) is 10.3 Å². The van der Waals surface area contributed by atoms with Crippen molar-refractivity contribution < 1.29 is 9.53 Å². The molecule has 18 heavy (non-hydrogen) atoms. The molecule has 0 saturated carbocycles. The van der Waals surface area contributed by atoms with Crippen LogP contribution in [-0.2, 0) is 0 Å². The number of amides is 1. The summed E-state index contributed by atoms with van der Waals surface area (Å²) in [6.45, 7) is 4.53. The van der Waals surface area contributed by atoms with Gasteiger partial charge in [0.05, 0.1) is 6.61 Å². The Balaban J connectivity index is 1.96. The molecule has 1 amide bonds. The molecule has 0 bridgehead atoms. The molecule has 98 valence electrons. The summed E-state index contributed by atoms with van der Waals surface area (Å²) in [5, 5.41) is 3.31. The number of carbonyl (C=O) groups is 1. The number of hydrogen-bond acceptors (Lipinski definition) is 4. The van der Waals surface area contributed by atoms with Gasteiger partial charge in [-0.2, -0.15) is 0 Å². The number of primary amides is 1. The van der Waals surface area contributed by atoms with E-state index >= 15 is 0 Å². The van der Waals surface area contributed by atoms with Crippen LogP contribution in [0.4, 0.5) is 0 Å². The lowest BCUT2D eigenvalue weighted by Crippen LogP contribution is -2.17. The molecule has 3 N–H and O–H groups in total. The van der Waals surface area contributed by atoms with Crippen molar-refractivity contribution in [3.63, 3.8) is 0 Å². The average Bonchev–Trinajstić information content (AvgIpc) is 2.81. The normalized spacial score (nSPS) is 18.8. The molecule has 2 heterocycles. The minimum Gasteiger partial charge on any atom is -0.477 e. The van der Waals surface area contributed by atoms with Crippen molar-refractivity contribution in [3.8, 4) is 5.88 Å². The van der Waals surface area contributed by atoms with Crippen molar-refractivity contribution in [2.45, 2.75) is 19.8 Å². The number of aryl methyl sites for hydroxylation is 1. The molecule has 0 radical (unpaired) electrons. The van der Waals surface area contributed by atoms with Crippen molar-refractivity contribution in [1.82, 2.24) is 10.3 Å². The van der Waals surface area contributed by atoms with Gasteiger partial charge < -0.3 is 15.8 Å². The van der Waals surface area contributed by atoms with Gasteiger partial charge in [-0.3, -0.25) is 4.79 Å². The van der Waals surface area contributed by atoms with Crippen LogP contribution in [0.1, 0.15) is 28.8 Å². The number of ether oxygens (including phenoxy) is 1. The van der Waals surface area contributed by atoms with Crippen LogP contribution in [0.3, 0.4) is 0 Å². The maximum Gasteiger partial charge on any atom is 0.254 e. The van der Waals surface area contributed by atoms with Crippen LogP contribution in [0.5, 0.6) is 5.88 Å². The average molecular weight is 249 g/mol. The summed E-state index contributed by atoms with van der Waals surface area (Å²) in [7, 11) is 0. The molecule has 0 aliphatic carbocycles. The molecule has 1 aromatic heterocycles. The van der Waals surface area contributed by atoms with Crippen LogP contribution in [0.25, 0.3) is 0 Å². The van der Waals surface area contributed by atoms with Crippen LogP contribution >= 0.6 is 0 Å². The van der Waals surface area contributed by atoms with E-state index in [0.29, 0.717) is 24.0 Å². The third-order valence-corrected chi connectivity index (χ3v) is 3.30. The number of hydrogen-bond donors (Lipinski definition) is 2. The van der Waals surface area contributed by atoms with Gasteiger partial charge in [0.15, 0.2) is 0 Å². The number of pyridine rings is 1. The highest BCUT2D eigenvalue weighted by molar-refractivity contribution is 5.96. The molecule has 1 aliphatic rings. The molecule has 5 heteroatoms. The Bertz CT molecular complexity index is 428. The Morgan fingerprint density at radius 1 is 1.67 bits per heavy atom. The standard InChI is InChI=1S/C13H19N3O2/c1-9-2-6-16-13(11(9)12(14)17)18-7-4-10-3-5-15-8-10/h2,6,10,15H,3-5,7-8H2,1H3,(H2,14,17). The zero-order valence-electron chi connectivity index (χ0n) is 10.6. The summed E-state index contributed by atoms with van der Waals surface area (Å²) in [6, 6.07) is 1.76. The van der Waals surface area contributed by atoms with E-state index in [-0.39, 0.29) is 0 Å². The maximum atomic E-state index is 11.4. The fourth-order valence-corrected chi connectivity index (χ4v) is 2.23. The van der Waals surface area contributed by atoms with Crippen LogP contribution in [0.15, 0.2) is 12.3 Å². The first-order valence-corrected chi connectivity index (χ1v) is 6.27. The summed E-state index contributed by atoms with van der Waals surface area (Å²) in [4.78, 5) is 15.4. The predicted octanol–water partition coefficient (Wildman–Crippen LogP) is 0.867. The SMILES string of the molecule is Cc1ccnc(OCCC2CCNC2)c1C(N)=O. The van der Waals surface area contributed by atoms with Gasteiger partial charge in [0.25, 0.3) is 5.91 Å². The molecule has 0 aromatic carbocycles. The lowest BCUT2D eigenvalue weighted by Gasteiger charge is -2.12. The van der Waals surface area contributed by atoms with Gasteiger partial charge in [0.2, 0.25) is 5.88 Å². The summed E-state index contributed by atoms with van der Waals surface area (Å²) in [6.07, 6.45) is 3.79. The molecule has 1 saturated heterocycles. The Hall–Kier alpha value is -1.62. The smallest absolute Gasteiger partial charge is 0.254 e. The number of nitrogens with zero attached hydrogens (tertiary/aromatic N) is 1. The van der Waals surface area contributed by atoms with E-state index in [9.17, 15) is 4.79 Å². The van der Waals surface area contributed by atoms with Crippen molar-refractivity contribution in [3.05, 3.63) is 23.4 Å². The van der Waals surface area contributed by atoms with Gasteiger partial charge in [-0.25, -0.2) is 4.98 Å². The van der Waals surface area contributed by atoms with Gasteiger partial charge in [-0.15, -0.1) is 0 Å². The second kappa shape index (κ2) is 5.82. The fourth-order valence-electron chi connectivity index (χ4n) is 2.23. The largest absolute Gasteiger partial charge is 0.477 e. The number of carbonyl (C=O) groups excluding carboxylic acids is 1. The van der Waals surface area contributed by atoms with E-state index in [0.717, 1.165) is 25.1 Å². The highest BCUT2D eigenvalue weighted by Gasteiger charge is 2.16. The first kappa shape index (κ1) is 12.8. The van der Waals surface area contributed by atoms with E-state index < -0.39 is 5.91 Å². The van der Waals surface area contributed by atoms with Crippen molar-refractivity contribution in [2.75, 3.05) is 19.7 Å². The molecular formula is C13H19N3O2. The fraction of sp³-hybridized carbons (Fsp3) is 0.538. The van der Waals surface area contributed by atoms with Crippen LogP contribution in [0.2, 0.25) is 0 Å². The van der Waals surface area contributed by atoms with E-state index in [4.69, 9.17) is 10.5 Å². The molecule has 1 aromatic rings. The maximum absolute atomic E-state index is 11.4. The van der Waals surface area contributed by atoms with Gasteiger partial charge in [-0.05, 0) is 50.4 Å². The highest BCUT2D eigenvalue weighted by Crippen LogP contribution is 2.19. The monoisotopic (exact) mass is 249 g/mol. The van der Waals surface area contributed by atoms with Crippen LogP contribution < -0.4 is 15.8 Å². The Labute approximate surface area is 107 Å². The molecule has 1 fully saturated rings. The topological polar surface area (TPSA) is 77.2 Å². The number of rotatable bonds is 5. The van der Waals surface area contributed by atoms with E-state index in [1.54, 1.807) is 12.3 Å². The summed E-state index contributed by atoms with van der Waals surface area (Å²) in [5.74, 6) is 0.526. The number of nitrogens with two attached hydrogens (primary N) is 1. The lowest BCUT2D eigenvalue weighted by molar-refractivity contribution is 0.0994. The Kier molecular flexibility index (Phi) is 4.15. The molecule has 1 aliphatic heterocycles. The zero-order chi connectivity index (χ0) is 13.0. The third-order valence-electron chi connectivity index (χ3n) is 3.30. The molecule has 5 nitrogen and oxygen atoms in total. The predicted molar refractivity (Wildman–Crippen MR) is 68.6 cm³/mol. The van der Waals surface area contributed by atoms with Gasteiger partial charge >= 0.3 is 0 Å². The minimum atomic E-state index is -0.488. The van der Waals surface area contributed by atoms with Crippen molar-refractivity contribution in [2.24, 2.45) is 11.7 Å². The third kappa shape index (κ3) is 2.98. The lowest BCUT2D eigenvalue weighted by atomic mass is 10.1. The number of aromatic nitrogens is 1. The van der Waals surface area contributed by atoms with Gasteiger partial charge in [0.1, 0.15) is 5.56 Å². The van der Waals surface area contributed by atoms with E-state index in [1.807, 2.05) is 6.92 Å². The van der Waals surface area contributed by atoms with E-state index in [1.165, 1.54) is 6.42 Å². The number of nitrogens with one attached hydrogen (secondary N) is 1. The summed E-state index contributed by atoms with van der Waals surface area (Å²) >= 11 is 0. The Morgan fingerprint density at radius 2 is 2.50 bits per heavy atom. The van der Waals surface area contributed by atoms with Crippen LogP contribution in [0, 0.1) is 12.8 Å². The molecule has 1 unspecified atom stereocenters. The van der Waals surface area contributed by atoms with Gasteiger partial charge in [0, 0.05) is 6.20 Å². The molecule has 0 spiro atoms. The first-order chi connectivity index (χ1) is 8.68. The molecule has 1 atom stereocenters. The van der Waals surface area contributed by atoms with Crippen molar-refractivity contribution in [1.29, 1.82) is 0 Å². The summed E-state index contributed by atoms with van der Waals surface area (Å²) in [5.41, 5.74) is 6.53. The van der Waals surface area contributed by atoms with Gasteiger partial charge in [-0.1, -0.05) is 0 Å². The first-order valence-electron chi connectivity index (χ1n) is 6.27. The summed E-state index contributed by atoms with van der Waals surface area (Å²) < 4.78 is 5.60. The minimum absolute atomic E-state index is 0.355. The molecular weight excluding hydrogens is 230 g/mol. The zero-order valence-corrected chi connectivity index (χ0v) is 10.6. The second-order valence-electron chi connectivity index (χ2n) is 4.67. The quantitative estimate of drug-likeness (QED) is 0.811. The van der Waals surface area contributed by atoms with Crippen molar-refractivity contribution >= 4 is 5.91 Å². The van der Waals surface area contributed by atoms with Crippen LogP contribution in [-0.4, -0.2) is 30.6 Å². The Morgan fingerprint density at radius 3 is 3.17 bits per heavy atom. The second-order valence-corrected chi connectivity index (χ2v) is 4.67. The molecule has 2 rings (SSSR count).